The van der Waals surface area contributed by atoms with Gasteiger partial charge in [-0.25, -0.2) is 13.4 Å². The van der Waals surface area contributed by atoms with Crippen molar-refractivity contribution < 1.29 is 17.9 Å². The minimum absolute atomic E-state index is 0.0493. The Balaban J connectivity index is 1.74. The number of imidazole rings is 1. The molecule has 1 aromatic carbocycles. The molecule has 1 fully saturated rings. The fraction of sp³-hybridized carbons (Fsp3) is 0.474. The molecule has 2 aliphatic heterocycles. The van der Waals surface area contributed by atoms with Gasteiger partial charge in [0.15, 0.2) is 5.69 Å². The van der Waals surface area contributed by atoms with Gasteiger partial charge in [-0.2, -0.15) is 4.31 Å². The number of hydrogen-bond acceptors (Lipinski definition) is 6. The van der Waals surface area contributed by atoms with Gasteiger partial charge in [0.2, 0.25) is 10.0 Å². The SMILES string of the molecule is COCCN1Cc2c(C(=O)NC3CCN(C)C3)ncn2-c2ccccc2S1(=O)=O. The summed E-state index contributed by atoms with van der Waals surface area (Å²) >= 11 is 0. The predicted molar refractivity (Wildman–Crippen MR) is 106 cm³/mol. The molecule has 1 atom stereocenters. The molecule has 1 N–H and O–H groups in total. The standard InChI is InChI=1S/C19H25N5O4S/c1-22-8-7-14(11-22)21-19(25)18-16-12-23(9-10-28-2)29(26,27)17-6-4-3-5-15(17)24(16)13-20-18/h3-6,13-14H,7-12H2,1-2H3,(H,21,25). The number of carbonyl (C=O) groups is 1. The fourth-order valence-electron chi connectivity index (χ4n) is 3.89. The molecule has 0 aliphatic carbocycles. The number of methoxy groups -OCH3 is 1. The molecule has 9 nitrogen and oxygen atoms in total. The van der Waals surface area contributed by atoms with Crippen molar-refractivity contribution in [2.75, 3.05) is 40.4 Å². The zero-order valence-electron chi connectivity index (χ0n) is 16.5. The summed E-state index contributed by atoms with van der Waals surface area (Å²) < 4.78 is 34.6. The first-order valence-corrected chi connectivity index (χ1v) is 11.0. The monoisotopic (exact) mass is 419 g/mol. The van der Waals surface area contributed by atoms with E-state index in [4.69, 9.17) is 4.74 Å². The van der Waals surface area contributed by atoms with E-state index in [0.717, 1.165) is 19.5 Å². The summed E-state index contributed by atoms with van der Waals surface area (Å²) in [5, 5.41) is 3.04. The van der Waals surface area contributed by atoms with Crippen LogP contribution in [0.2, 0.25) is 0 Å². The second-order valence-corrected chi connectivity index (χ2v) is 9.34. The summed E-state index contributed by atoms with van der Waals surface area (Å²) in [5.41, 5.74) is 1.31. The maximum atomic E-state index is 13.2. The lowest BCUT2D eigenvalue weighted by atomic mass is 10.2. The second kappa shape index (κ2) is 7.86. The molecule has 0 radical (unpaired) electrons. The number of fused-ring (bicyclic) bond motifs is 3. The highest BCUT2D eigenvalue weighted by Gasteiger charge is 2.35. The number of carbonyl (C=O) groups excluding carboxylic acids is 1. The average Bonchev–Trinajstić information content (AvgIpc) is 3.28. The molecule has 2 aliphatic rings. The molecule has 156 valence electrons. The van der Waals surface area contributed by atoms with E-state index in [-0.39, 0.29) is 42.2 Å². The first-order chi connectivity index (χ1) is 13.9. The number of amides is 1. The summed E-state index contributed by atoms with van der Waals surface area (Å²) in [6.45, 7) is 2.22. The highest BCUT2D eigenvalue weighted by Crippen LogP contribution is 2.31. The van der Waals surface area contributed by atoms with Crippen molar-refractivity contribution in [3.63, 3.8) is 0 Å². The zero-order chi connectivity index (χ0) is 20.6. The number of likely N-dealkylation sites (N-methyl/N-ethyl adjacent to an activating group) is 1. The third kappa shape index (κ3) is 3.68. The average molecular weight is 420 g/mol. The van der Waals surface area contributed by atoms with Gasteiger partial charge in [-0.15, -0.1) is 0 Å². The number of likely N-dealkylation sites (tertiary alicyclic amines) is 1. The maximum absolute atomic E-state index is 13.2. The van der Waals surface area contributed by atoms with E-state index in [0.29, 0.717) is 11.4 Å². The summed E-state index contributed by atoms with van der Waals surface area (Å²) in [5.74, 6) is -0.275. The van der Waals surface area contributed by atoms with Gasteiger partial charge in [-0.1, -0.05) is 12.1 Å². The smallest absolute Gasteiger partial charge is 0.272 e. The normalized spacial score (nSPS) is 21.4. The van der Waals surface area contributed by atoms with Gasteiger partial charge in [-0.05, 0) is 32.1 Å². The third-order valence-corrected chi connectivity index (χ3v) is 7.31. The van der Waals surface area contributed by atoms with Crippen molar-refractivity contribution in [1.82, 2.24) is 24.1 Å². The largest absolute Gasteiger partial charge is 0.383 e. The molecule has 3 heterocycles. The van der Waals surface area contributed by atoms with Crippen LogP contribution in [-0.4, -0.2) is 79.5 Å². The van der Waals surface area contributed by atoms with Gasteiger partial charge < -0.3 is 15.0 Å². The van der Waals surface area contributed by atoms with Crippen molar-refractivity contribution in [2.24, 2.45) is 0 Å². The molecule has 0 saturated carbocycles. The van der Waals surface area contributed by atoms with Gasteiger partial charge >= 0.3 is 0 Å². The third-order valence-electron chi connectivity index (χ3n) is 5.42. The Bertz CT molecular complexity index is 1020. The number of para-hydroxylation sites is 1. The Kier molecular flexibility index (Phi) is 5.43. The molecule has 29 heavy (non-hydrogen) atoms. The van der Waals surface area contributed by atoms with Crippen LogP contribution in [-0.2, 0) is 21.3 Å². The van der Waals surface area contributed by atoms with E-state index in [2.05, 4.69) is 15.2 Å². The number of rotatable bonds is 5. The van der Waals surface area contributed by atoms with E-state index >= 15 is 0 Å². The molecule has 1 unspecified atom stereocenters. The van der Waals surface area contributed by atoms with E-state index in [1.165, 1.54) is 17.7 Å². The maximum Gasteiger partial charge on any atom is 0.272 e. The molecular formula is C19H25N5O4S. The Labute approximate surface area is 170 Å². The van der Waals surface area contributed by atoms with Crippen LogP contribution in [0.1, 0.15) is 22.6 Å². The lowest BCUT2D eigenvalue weighted by molar-refractivity contribution is 0.0932. The van der Waals surface area contributed by atoms with Crippen LogP contribution in [0.4, 0.5) is 0 Å². The number of nitrogens with one attached hydrogen (secondary N) is 1. The Morgan fingerprint density at radius 2 is 2.14 bits per heavy atom. The van der Waals surface area contributed by atoms with Gasteiger partial charge in [-0.3, -0.25) is 9.36 Å². The van der Waals surface area contributed by atoms with Crippen LogP contribution < -0.4 is 5.32 Å². The van der Waals surface area contributed by atoms with Crippen molar-refractivity contribution in [2.45, 2.75) is 23.9 Å². The molecule has 1 amide bonds. The number of nitrogens with zero attached hydrogens (tertiary/aromatic N) is 4. The highest BCUT2D eigenvalue weighted by molar-refractivity contribution is 7.89. The minimum Gasteiger partial charge on any atom is -0.383 e. The van der Waals surface area contributed by atoms with Gasteiger partial charge in [0.25, 0.3) is 5.91 Å². The number of aromatic nitrogens is 2. The lowest BCUT2D eigenvalue weighted by Gasteiger charge is -2.20. The number of hydrogen-bond donors (Lipinski definition) is 1. The lowest BCUT2D eigenvalue weighted by Crippen LogP contribution is -2.38. The summed E-state index contributed by atoms with van der Waals surface area (Å²) in [7, 11) is -0.189. The quantitative estimate of drug-likeness (QED) is 0.756. The van der Waals surface area contributed by atoms with Crippen molar-refractivity contribution in [3.05, 3.63) is 42.0 Å². The summed E-state index contributed by atoms with van der Waals surface area (Å²) in [6, 6.07) is 6.84. The van der Waals surface area contributed by atoms with Gasteiger partial charge in [0.05, 0.1) is 24.5 Å². The molecule has 1 saturated heterocycles. The fourth-order valence-corrected chi connectivity index (χ4v) is 5.45. The van der Waals surface area contributed by atoms with E-state index in [1.807, 2.05) is 7.05 Å². The van der Waals surface area contributed by atoms with Crippen molar-refractivity contribution in [3.8, 4) is 5.69 Å². The van der Waals surface area contributed by atoms with Crippen LogP contribution in [0.25, 0.3) is 5.69 Å². The first-order valence-electron chi connectivity index (χ1n) is 9.56. The number of sulfonamides is 1. The summed E-state index contributed by atoms with van der Waals surface area (Å²) in [6.07, 6.45) is 2.41. The molecule has 4 rings (SSSR count). The molecule has 10 heteroatoms. The van der Waals surface area contributed by atoms with Crippen LogP contribution in [0.5, 0.6) is 0 Å². The first kappa shape index (κ1) is 20.0. The Morgan fingerprint density at radius 3 is 2.86 bits per heavy atom. The number of ether oxygens (including phenoxy) is 1. The zero-order valence-corrected chi connectivity index (χ0v) is 17.4. The number of benzene rings is 1. The molecule has 0 bridgehead atoms. The molecular weight excluding hydrogens is 394 g/mol. The van der Waals surface area contributed by atoms with E-state index in [1.54, 1.807) is 28.8 Å². The molecule has 0 spiro atoms. The summed E-state index contributed by atoms with van der Waals surface area (Å²) in [4.78, 5) is 19.6. The predicted octanol–water partition coefficient (Wildman–Crippen LogP) is 0.457. The topological polar surface area (TPSA) is 96.8 Å². The van der Waals surface area contributed by atoms with E-state index in [9.17, 15) is 13.2 Å². The molecule has 2 aromatic rings. The Morgan fingerprint density at radius 1 is 1.34 bits per heavy atom. The van der Waals surface area contributed by atoms with Crippen LogP contribution in [0, 0.1) is 0 Å². The van der Waals surface area contributed by atoms with Gasteiger partial charge in [0.1, 0.15) is 11.2 Å². The van der Waals surface area contributed by atoms with Gasteiger partial charge in [0, 0.05) is 26.2 Å². The minimum atomic E-state index is -3.73. The van der Waals surface area contributed by atoms with Crippen LogP contribution in [0.3, 0.4) is 0 Å². The van der Waals surface area contributed by atoms with Crippen LogP contribution >= 0.6 is 0 Å². The Hall–Kier alpha value is -2.27. The van der Waals surface area contributed by atoms with Crippen molar-refractivity contribution >= 4 is 15.9 Å². The highest BCUT2D eigenvalue weighted by atomic mass is 32.2. The van der Waals surface area contributed by atoms with Crippen molar-refractivity contribution in [1.29, 1.82) is 0 Å². The second-order valence-electron chi connectivity index (χ2n) is 7.43. The van der Waals surface area contributed by atoms with Crippen LogP contribution in [0.15, 0.2) is 35.5 Å². The molecule has 1 aromatic heterocycles. The van der Waals surface area contributed by atoms with E-state index < -0.39 is 10.0 Å².